The van der Waals surface area contributed by atoms with Gasteiger partial charge in [-0.25, -0.2) is 9.23 Å². The molecule has 0 spiro atoms. The molecule has 0 radical (unpaired) electrons. The normalized spacial score (nSPS) is 21.5. The summed E-state index contributed by atoms with van der Waals surface area (Å²) < 4.78 is 13.4. The number of hydrogen-bond donors (Lipinski definition) is 1. The van der Waals surface area contributed by atoms with E-state index in [2.05, 4.69) is 17.0 Å². The molecule has 0 amide bonds. The van der Waals surface area contributed by atoms with Gasteiger partial charge in [-0.3, -0.25) is 0 Å². The number of fused-ring (bicyclic) bond motifs is 1. The molecular weight excluding hydrogens is 273 g/mol. The maximum Gasteiger partial charge on any atom is 0.123 e. The first-order valence-electron chi connectivity index (χ1n) is 6.96. The standard InChI is InChI=1S/C17H17ClFN/c18-20-17-9-6-13-11-14(19)7-8-15(13)16(17)10-12-4-2-1-3-5-12/h1-5,7-8,11,16-17,20H,6,9-10H2/t16?,17-/m0/s1. The molecule has 0 saturated carbocycles. The summed E-state index contributed by atoms with van der Waals surface area (Å²) in [6, 6.07) is 15.7. The van der Waals surface area contributed by atoms with Crippen molar-refractivity contribution >= 4 is 11.8 Å². The van der Waals surface area contributed by atoms with Gasteiger partial charge in [-0.15, -0.1) is 0 Å². The van der Waals surface area contributed by atoms with E-state index in [0.29, 0.717) is 5.92 Å². The zero-order valence-corrected chi connectivity index (χ0v) is 11.9. The van der Waals surface area contributed by atoms with Crippen LogP contribution in [0, 0.1) is 5.82 Å². The molecule has 0 aliphatic heterocycles. The van der Waals surface area contributed by atoms with Gasteiger partial charge in [0, 0.05) is 12.0 Å². The third-order valence-corrected chi connectivity index (χ3v) is 4.43. The molecule has 0 fully saturated rings. The van der Waals surface area contributed by atoms with E-state index < -0.39 is 0 Å². The molecule has 3 rings (SSSR count). The molecule has 104 valence electrons. The third-order valence-electron chi connectivity index (χ3n) is 4.15. The van der Waals surface area contributed by atoms with Crippen molar-refractivity contribution in [3.05, 3.63) is 71.0 Å². The average Bonchev–Trinajstić information content (AvgIpc) is 2.48. The van der Waals surface area contributed by atoms with Crippen LogP contribution in [0.2, 0.25) is 0 Å². The van der Waals surface area contributed by atoms with E-state index in [1.54, 1.807) is 12.1 Å². The van der Waals surface area contributed by atoms with Gasteiger partial charge in [0.2, 0.25) is 0 Å². The minimum atomic E-state index is -0.153. The van der Waals surface area contributed by atoms with Crippen LogP contribution in [0.25, 0.3) is 0 Å². The van der Waals surface area contributed by atoms with E-state index in [4.69, 9.17) is 11.8 Å². The number of hydrogen-bond acceptors (Lipinski definition) is 1. The number of aryl methyl sites for hydroxylation is 1. The summed E-state index contributed by atoms with van der Waals surface area (Å²) in [6.07, 6.45) is 2.74. The van der Waals surface area contributed by atoms with Gasteiger partial charge in [-0.05, 0) is 59.9 Å². The highest BCUT2D eigenvalue weighted by Crippen LogP contribution is 2.35. The van der Waals surface area contributed by atoms with Crippen molar-refractivity contribution in [1.29, 1.82) is 0 Å². The van der Waals surface area contributed by atoms with Crippen molar-refractivity contribution in [3.63, 3.8) is 0 Å². The Kier molecular flexibility index (Phi) is 4.04. The zero-order chi connectivity index (χ0) is 13.9. The van der Waals surface area contributed by atoms with Crippen LogP contribution in [0.15, 0.2) is 48.5 Å². The molecule has 0 bridgehead atoms. The highest BCUT2D eigenvalue weighted by Gasteiger charge is 2.29. The fraction of sp³-hybridized carbons (Fsp3) is 0.294. The molecule has 20 heavy (non-hydrogen) atoms. The van der Waals surface area contributed by atoms with E-state index in [1.165, 1.54) is 11.1 Å². The summed E-state index contributed by atoms with van der Waals surface area (Å²) in [5.41, 5.74) is 3.63. The summed E-state index contributed by atoms with van der Waals surface area (Å²) in [7, 11) is 0. The fourth-order valence-corrected chi connectivity index (χ4v) is 3.39. The van der Waals surface area contributed by atoms with Crippen LogP contribution in [0.3, 0.4) is 0 Å². The van der Waals surface area contributed by atoms with E-state index in [-0.39, 0.29) is 11.9 Å². The monoisotopic (exact) mass is 289 g/mol. The number of nitrogens with one attached hydrogen (secondary N) is 1. The van der Waals surface area contributed by atoms with Gasteiger partial charge in [-0.2, -0.15) is 0 Å². The van der Waals surface area contributed by atoms with Crippen LogP contribution in [0.5, 0.6) is 0 Å². The SMILES string of the molecule is Fc1ccc2c(c1)CC[C@H](NCl)C2Cc1ccccc1. The van der Waals surface area contributed by atoms with Crippen LogP contribution < -0.4 is 4.84 Å². The Morgan fingerprint density at radius 1 is 1.15 bits per heavy atom. The predicted octanol–water partition coefficient (Wildman–Crippen LogP) is 4.21. The molecule has 3 heteroatoms. The number of halogens is 2. The number of benzene rings is 2. The fourth-order valence-electron chi connectivity index (χ4n) is 3.13. The smallest absolute Gasteiger partial charge is 0.123 e. The van der Waals surface area contributed by atoms with Crippen LogP contribution >= 0.6 is 11.8 Å². The van der Waals surface area contributed by atoms with Gasteiger partial charge in [0.25, 0.3) is 0 Å². The van der Waals surface area contributed by atoms with E-state index in [1.807, 2.05) is 24.3 Å². The van der Waals surface area contributed by atoms with Crippen LogP contribution in [0.4, 0.5) is 4.39 Å². The molecule has 1 unspecified atom stereocenters. The van der Waals surface area contributed by atoms with Crippen molar-refractivity contribution in [1.82, 2.24) is 4.84 Å². The van der Waals surface area contributed by atoms with Gasteiger partial charge >= 0.3 is 0 Å². The summed E-state index contributed by atoms with van der Waals surface area (Å²) in [4.78, 5) is 2.91. The summed E-state index contributed by atoms with van der Waals surface area (Å²) in [6.45, 7) is 0. The second-order valence-corrected chi connectivity index (χ2v) is 5.61. The molecule has 0 heterocycles. The molecule has 1 aliphatic carbocycles. The molecule has 2 atom stereocenters. The largest absolute Gasteiger partial charge is 0.230 e. The molecule has 2 aromatic carbocycles. The maximum atomic E-state index is 13.4. The lowest BCUT2D eigenvalue weighted by atomic mass is 9.76. The minimum absolute atomic E-state index is 0.153. The summed E-state index contributed by atoms with van der Waals surface area (Å²) in [5.74, 6) is 0.138. The van der Waals surface area contributed by atoms with Crippen LogP contribution in [-0.4, -0.2) is 6.04 Å². The van der Waals surface area contributed by atoms with E-state index in [9.17, 15) is 4.39 Å². The molecule has 2 aromatic rings. The molecule has 1 nitrogen and oxygen atoms in total. The quantitative estimate of drug-likeness (QED) is 0.835. The van der Waals surface area contributed by atoms with Gasteiger partial charge in [0.1, 0.15) is 5.82 Å². The van der Waals surface area contributed by atoms with Gasteiger partial charge in [0.05, 0.1) is 0 Å². The molecule has 1 N–H and O–H groups in total. The lowest BCUT2D eigenvalue weighted by Gasteiger charge is -2.33. The molecule has 1 aliphatic rings. The summed E-state index contributed by atoms with van der Waals surface area (Å²) >= 11 is 5.92. The lowest BCUT2D eigenvalue weighted by molar-refractivity contribution is 0.439. The van der Waals surface area contributed by atoms with Crippen molar-refractivity contribution < 1.29 is 4.39 Å². The van der Waals surface area contributed by atoms with Gasteiger partial charge in [-0.1, -0.05) is 36.4 Å². The first-order chi connectivity index (χ1) is 9.78. The highest BCUT2D eigenvalue weighted by atomic mass is 35.5. The second kappa shape index (κ2) is 5.94. The average molecular weight is 290 g/mol. The third kappa shape index (κ3) is 2.72. The Bertz CT molecular complexity index is 585. The van der Waals surface area contributed by atoms with Gasteiger partial charge in [0.15, 0.2) is 0 Å². The first kappa shape index (κ1) is 13.6. The van der Waals surface area contributed by atoms with Crippen molar-refractivity contribution in [3.8, 4) is 0 Å². The number of rotatable bonds is 3. The highest BCUT2D eigenvalue weighted by molar-refractivity contribution is 6.13. The Morgan fingerprint density at radius 3 is 2.70 bits per heavy atom. The Hall–Kier alpha value is -1.38. The van der Waals surface area contributed by atoms with Gasteiger partial charge < -0.3 is 0 Å². The maximum absolute atomic E-state index is 13.4. The molecular formula is C17H17ClFN. The molecule has 0 aromatic heterocycles. The lowest BCUT2D eigenvalue weighted by Crippen LogP contribution is -2.34. The molecule has 0 saturated heterocycles. The van der Waals surface area contributed by atoms with Crippen molar-refractivity contribution in [2.75, 3.05) is 0 Å². The van der Waals surface area contributed by atoms with Crippen LogP contribution in [-0.2, 0) is 12.8 Å². The topological polar surface area (TPSA) is 12.0 Å². The van der Waals surface area contributed by atoms with Crippen LogP contribution in [0.1, 0.15) is 29.0 Å². The van der Waals surface area contributed by atoms with Crippen molar-refractivity contribution in [2.45, 2.75) is 31.2 Å². The predicted molar refractivity (Wildman–Crippen MR) is 80.4 cm³/mol. The second-order valence-electron chi connectivity index (χ2n) is 5.39. The first-order valence-corrected chi connectivity index (χ1v) is 7.34. The Balaban J connectivity index is 1.94. The summed E-state index contributed by atoms with van der Waals surface area (Å²) in [5, 5.41) is 0. The Labute approximate surface area is 123 Å². The minimum Gasteiger partial charge on any atom is -0.230 e. The van der Waals surface area contributed by atoms with E-state index >= 15 is 0 Å². The zero-order valence-electron chi connectivity index (χ0n) is 11.2. The van der Waals surface area contributed by atoms with E-state index in [0.717, 1.165) is 24.8 Å². The van der Waals surface area contributed by atoms with Crippen molar-refractivity contribution in [2.24, 2.45) is 0 Å². The Morgan fingerprint density at radius 2 is 1.95 bits per heavy atom.